The Balaban J connectivity index is 1.08. The summed E-state index contributed by atoms with van der Waals surface area (Å²) in [5, 5.41) is 4.56. The third kappa shape index (κ3) is 7.46. The second kappa shape index (κ2) is 18.2. The van der Waals surface area contributed by atoms with Crippen LogP contribution < -0.4 is 26.0 Å². The monoisotopic (exact) mass is 1040 g/mol. The zero-order valence-corrected chi connectivity index (χ0v) is 45.2. The molecule has 0 spiro atoms. The smallest absolute Gasteiger partial charge is 0.256 e. The molecule has 4 heterocycles. The average molecular weight is 1040 g/mol. The van der Waals surface area contributed by atoms with Gasteiger partial charge in [0.15, 0.2) is 5.58 Å². The molecule has 4 nitrogen and oxygen atoms in total. The van der Waals surface area contributed by atoms with E-state index in [1.165, 1.54) is 21.8 Å². The van der Waals surface area contributed by atoms with Gasteiger partial charge in [0.25, 0.3) is 6.71 Å². The molecule has 0 aliphatic carbocycles. The summed E-state index contributed by atoms with van der Waals surface area (Å²) >= 11 is 0. The van der Waals surface area contributed by atoms with Gasteiger partial charge in [0, 0.05) is 49.7 Å². The number of aromatic nitrogens is 1. The minimum absolute atomic E-state index is 0.0129. The van der Waals surface area contributed by atoms with Crippen LogP contribution in [0.15, 0.2) is 271 Å². The second-order valence-electron chi connectivity index (χ2n) is 22.7. The second-order valence-corrected chi connectivity index (χ2v) is 22.7. The Bertz CT molecular complexity index is 4750. The fourth-order valence-electron chi connectivity index (χ4n) is 13.2. The van der Waals surface area contributed by atoms with Crippen molar-refractivity contribution in [3.05, 3.63) is 272 Å². The summed E-state index contributed by atoms with van der Waals surface area (Å²) in [5.41, 5.74) is 23.8. The highest BCUT2D eigenvalue weighted by molar-refractivity contribution is 6.99. The van der Waals surface area contributed by atoms with Crippen molar-refractivity contribution >= 4 is 83.9 Å². The van der Waals surface area contributed by atoms with Crippen molar-refractivity contribution in [2.75, 3.05) is 4.90 Å². The molecule has 0 N–H and O–H groups in total. The lowest BCUT2D eigenvalue weighted by Crippen LogP contribution is -2.59. The molecule has 0 amide bonds. The Morgan fingerprint density at radius 3 is 1.54 bits per heavy atom. The van der Waals surface area contributed by atoms with E-state index in [9.17, 15) is 0 Å². The van der Waals surface area contributed by atoms with Gasteiger partial charge in [-0.2, -0.15) is 0 Å². The van der Waals surface area contributed by atoms with Crippen molar-refractivity contribution < 1.29 is 9.15 Å². The lowest BCUT2D eigenvalue weighted by atomic mass is 9.33. The first-order chi connectivity index (χ1) is 39.8. The molecule has 0 bridgehead atoms. The predicted octanol–water partition coefficient (Wildman–Crippen LogP) is 18.7. The SMILES string of the molecule is CC(C)(C)c1ccc(-c2cc3c4c(c2)N(c2c(-c5ccccc5)ccc5c2oc2ccccc25)c2cc(-c5ccccc5)c(-c5ccccc5)cc2B4c2cc(-n4c5ccccc5c5ccccc54)cc(-c4ccccc4)c2O3)cc1. The molecule has 2 aliphatic rings. The van der Waals surface area contributed by atoms with Crippen LogP contribution in [0, 0.1) is 0 Å². The number of ether oxygens (including phenoxy) is 1. The van der Waals surface area contributed by atoms with E-state index in [0.717, 1.165) is 134 Å². The van der Waals surface area contributed by atoms with E-state index in [1.807, 2.05) is 0 Å². The van der Waals surface area contributed by atoms with E-state index in [2.05, 4.69) is 297 Å². The van der Waals surface area contributed by atoms with E-state index in [0.29, 0.717) is 0 Å². The van der Waals surface area contributed by atoms with E-state index < -0.39 is 0 Å². The first-order valence-corrected chi connectivity index (χ1v) is 28.1. The van der Waals surface area contributed by atoms with Crippen LogP contribution >= 0.6 is 0 Å². The van der Waals surface area contributed by atoms with Crippen molar-refractivity contribution in [1.82, 2.24) is 4.57 Å². The normalized spacial score (nSPS) is 12.7. The molecule has 0 fully saturated rings. The number of hydrogen-bond acceptors (Lipinski definition) is 3. The molecule has 16 rings (SSSR count). The predicted molar refractivity (Wildman–Crippen MR) is 340 cm³/mol. The van der Waals surface area contributed by atoms with Gasteiger partial charge in [0.1, 0.15) is 17.1 Å². The number of nitrogens with zero attached hydrogens (tertiary/aromatic N) is 2. The highest BCUT2D eigenvalue weighted by atomic mass is 16.5. The third-order valence-electron chi connectivity index (χ3n) is 17.0. The summed E-state index contributed by atoms with van der Waals surface area (Å²) in [4.78, 5) is 2.54. The first-order valence-electron chi connectivity index (χ1n) is 28.1. The summed E-state index contributed by atoms with van der Waals surface area (Å²) in [7, 11) is 0. The Labute approximate surface area is 471 Å². The molecular formula is C76H53BN2O2. The Hall–Kier alpha value is -10.1. The van der Waals surface area contributed by atoms with Gasteiger partial charge in [-0.3, -0.25) is 0 Å². The van der Waals surface area contributed by atoms with Gasteiger partial charge in [-0.15, -0.1) is 0 Å². The third-order valence-corrected chi connectivity index (χ3v) is 17.0. The lowest BCUT2D eigenvalue weighted by molar-refractivity contribution is 0.489. The van der Waals surface area contributed by atoms with Gasteiger partial charge >= 0.3 is 0 Å². The number of rotatable bonds is 7. The highest BCUT2D eigenvalue weighted by Gasteiger charge is 2.45. The summed E-state index contributed by atoms with van der Waals surface area (Å²) in [6, 6.07) is 97.7. The van der Waals surface area contributed by atoms with Crippen LogP contribution in [0.3, 0.4) is 0 Å². The van der Waals surface area contributed by atoms with Crippen LogP contribution in [-0.2, 0) is 5.41 Å². The molecule has 2 aromatic heterocycles. The molecule has 382 valence electrons. The number of fused-ring (bicyclic) bond motifs is 10. The molecule has 81 heavy (non-hydrogen) atoms. The average Bonchev–Trinajstić information content (AvgIpc) is 4.01. The van der Waals surface area contributed by atoms with Crippen molar-refractivity contribution in [2.45, 2.75) is 26.2 Å². The molecule has 0 unspecified atom stereocenters. The number of hydrogen-bond donors (Lipinski definition) is 0. The van der Waals surface area contributed by atoms with Gasteiger partial charge in [0.05, 0.1) is 16.7 Å². The number of anilines is 3. The van der Waals surface area contributed by atoms with Gasteiger partial charge in [-0.1, -0.05) is 233 Å². The molecule has 0 saturated carbocycles. The van der Waals surface area contributed by atoms with Crippen molar-refractivity contribution in [2.24, 2.45) is 0 Å². The van der Waals surface area contributed by atoms with Crippen LogP contribution in [0.2, 0.25) is 0 Å². The van der Waals surface area contributed by atoms with Gasteiger partial charge in [-0.25, -0.2) is 0 Å². The molecule has 0 atom stereocenters. The van der Waals surface area contributed by atoms with Gasteiger partial charge < -0.3 is 18.6 Å². The molecule has 5 heteroatoms. The van der Waals surface area contributed by atoms with Gasteiger partial charge in [0.2, 0.25) is 0 Å². The van der Waals surface area contributed by atoms with Crippen LogP contribution in [0.5, 0.6) is 11.5 Å². The summed E-state index contributed by atoms with van der Waals surface area (Å²) in [6.07, 6.45) is 0. The minimum Gasteiger partial charge on any atom is -0.458 e. The Morgan fingerprint density at radius 1 is 0.383 bits per heavy atom. The summed E-state index contributed by atoms with van der Waals surface area (Å²) in [5.74, 6) is 1.68. The van der Waals surface area contributed by atoms with Gasteiger partial charge in [-0.05, 0) is 126 Å². The molecule has 2 aliphatic heterocycles. The topological polar surface area (TPSA) is 30.5 Å². The minimum atomic E-state index is -0.292. The quantitative estimate of drug-likeness (QED) is 0.149. The van der Waals surface area contributed by atoms with Crippen LogP contribution in [-0.4, -0.2) is 11.3 Å². The molecule has 0 radical (unpaired) electrons. The number of benzene rings is 12. The Morgan fingerprint density at radius 2 is 0.926 bits per heavy atom. The lowest BCUT2D eigenvalue weighted by Gasteiger charge is -2.42. The molecule has 0 saturated heterocycles. The fraction of sp³-hybridized carbons (Fsp3) is 0.0526. The van der Waals surface area contributed by atoms with Crippen molar-refractivity contribution in [1.29, 1.82) is 0 Å². The van der Waals surface area contributed by atoms with Crippen molar-refractivity contribution in [3.63, 3.8) is 0 Å². The van der Waals surface area contributed by atoms with Crippen molar-refractivity contribution in [3.8, 4) is 72.8 Å². The van der Waals surface area contributed by atoms with Crippen LogP contribution in [0.4, 0.5) is 17.1 Å². The van der Waals surface area contributed by atoms with E-state index in [4.69, 9.17) is 9.15 Å². The molecular weight excluding hydrogens is 984 g/mol. The summed E-state index contributed by atoms with van der Waals surface area (Å²) < 4.78 is 17.5. The zero-order chi connectivity index (χ0) is 53.9. The summed E-state index contributed by atoms with van der Waals surface area (Å²) in [6.45, 7) is 6.54. The Kier molecular flexibility index (Phi) is 10.6. The largest absolute Gasteiger partial charge is 0.458 e. The maximum absolute atomic E-state index is 7.80. The van der Waals surface area contributed by atoms with Crippen LogP contribution in [0.1, 0.15) is 26.3 Å². The maximum atomic E-state index is 7.80. The molecule has 12 aromatic carbocycles. The van der Waals surface area contributed by atoms with E-state index in [-0.39, 0.29) is 12.1 Å². The maximum Gasteiger partial charge on any atom is 0.256 e. The standard InChI is InChI=1S/C76H53BN2O2/c1-76(2,3)54-38-36-48(37-39-54)53-42-69-72-71(43-53)81-74-63(52-28-14-7-15-29-52)44-55(78-66-33-19-16-30-57(66)58-31-17-20-34-67(58)78)45-65(74)77(72)64-46-61(50-24-10-5-11-25-50)62(51-26-12-6-13-27-51)47-68(64)79(69)73-56(49-22-8-4-9-23-49)40-41-60-59-32-18-21-35-70(59)80-75(60)73/h4-47H,1-3H3. The van der Waals surface area contributed by atoms with Crippen LogP contribution in [0.25, 0.3) is 105 Å². The zero-order valence-electron chi connectivity index (χ0n) is 45.2. The fourth-order valence-corrected chi connectivity index (χ4v) is 13.2. The highest BCUT2D eigenvalue weighted by Crippen LogP contribution is 2.53. The number of para-hydroxylation sites is 3. The van der Waals surface area contributed by atoms with E-state index >= 15 is 0 Å². The first kappa shape index (κ1) is 47.0. The molecule has 14 aromatic rings. The number of furan rings is 1. The van der Waals surface area contributed by atoms with E-state index in [1.54, 1.807) is 0 Å².